The van der Waals surface area contributed by atoms with Crippen LogP contribution >= 0.6 is 11.6 Å². The zero-order valence-corrected chi connectivity index (χ0v) is 9.62. The number of nitrogens with zero attached hydrogens (tertiary/aromatic N) is 1. The van der Waals surface area contributed by atoms with E-state index in [-0.39, 0.29) is 0 Å². The van der Waals surface area contributed by atoms with Gasteiger partial charge in [-0.3, -0.25) is 0 Å². The van der Waals surface area contributed by atoms with E-state index in [9.17, 15) is 0 Å². The normalized spacial score (nSPS) is 9.81. The number of halogens is 1. The Morgan fingerprint density at radius 2 is 1.81 bits per heavy atom. The van der Waals surface area contributed by atoms with Crippen LogP contribution in [-0.4, -0.2) is 0 Å². The second-order valence-corrected chi connectivity index (χ2v) is 4.05. The Morgan fingerprint density at radius 3 is 2.56 bits per heavy atom. The minimum absolute atomic E-state index is 0.648. The molecule has 0 aliphatic carbocycles. The lowest BCUT2D eigenvalue weighted by Gasteiger charge is -2.07. The summed E-state index contributed by atoms with van der Waals surface area (Å²) in [5, 5.41) is 9.72. The van der Waals surface area contributed by atoms with Crippen LogP contribution in [0.1, 0.15) is 11.1 Å². The molecule has 1 nitrogen and oxygen atoms in total. The molecular formula is C14H10ClN. The molecule has 2 rings (SSSR count). The van der Waals surface area contributed by atoms with Crippen molar-refractivity contribution in [2.75, 3.05) is 0 Å². The third-order valence-electron chi connectivity index (χ3n) is 2.46. The highest BCUT2D eigenvalue weighted by Crippen LogP contribution is 2.30. The van der Waals surface area contributed by atoms with Crippen LogP contribution < -0.4 is 0 Å². The van der Waals surface area contributed by atoms with E-state index in [1.54, 1.807) is 6.07 Å². The minimum atomic E-state index is 0.648. The number of rotatable bonds is 1. The predicted octanol–water partition coefficient (Wildman–Crippen LogP) is 4.19. The topological polar surface area (TPSA) is 23.8 Å². The first-order valence-electron chi connectivity index (χ1n) is 4.98. The highest BCUT2D eigenvalue weighted by Gasteiger charge is 2.07. The summed E-state index contributed by atoms with van der Waals surface area (Å²) in [6.45, 7) is 2.01. The average molecular weight is 228 g/mol. The Balaban J connectivity index is 2.68. The van der Waals surface area contributed by atoms with Crippen molar-refractivity contribution < 1.29 is 0 Å². The summed E-state index contributed by atoms with van der Waals surface area (Å²) in [4.78, 5) is 0. The van der Waals surface area contributed by atoms with Crippen molar-refractivity contribution in [3.05, 3.63) is 58.6 Å². The molecule has 0 atom stereocenters. The van der Waals surface area contributed by atoms with E-state index >= 15 is 0 Å². The van der Waals surface area contributed by atoms with Crippen LogP contribution in [0.4, 0.5) is 0 Å². The Kier molecular flexibility index (Phi) is 2.94. The van der Waals surface area contributed by atoms with Crippen LogP contribution in [0.15, 0.2) is 42.5 Å². The van der Waals surface area contributed by atoms with Gasteiger partial charge in [-0.15, -0.1) is 0 Å². The molecule has 0 unspecified atom stereocenters. The van der Waals surface area contributed by atoms with Crippen LogP contribution in [0.5, 0.6) is 0 Å². The van der Waals surface area contributed by atoms with Gasteiger partial charge in [-0.25, -0.2) is 0 Å². The first-order valence-corrected chi connectivity index (χ1v) is 5.36. The molecule has 0 aromatic heterocycles. The van der Waals surface area contributed by atoms with Gasteiger partial charge in [0.05, 0.1) is 11.6 Å². The molecule has 2 aromatic rings. The van der Waals surface area contributed by atoms with Crippen LogP contribution in [0.2, 0.25) is 5.02 Å². The molecule has 0 aliphatic heterocycles. The van der Waals surface area contributed by atoms with Gasteiger partial charge in [-0.1, -0.05) is 41.4 Å². The van der Waals surface area contributed by atoms with Gasteiger partial charge < -0.3 is 0 Å². The summed E-state index contributed by atoms with van der Waals surface area (Å²) >= 11 is 6.15. The number of aryl methyl sites for hydroxylation is 1. The van der Waals surface area contributed by atoms with Crippen molar-refractivity contribution in [2.45, 2.75) is 6.92 Å². The molecule has 0 spiro atoms. The van der Waals surface area contributed by atoms with E-state index in [4.69, 9.17) is 16.9 Å². The highest BCUT2D eigenvalue weighted by molar-refractivity contribution is 6.33. The highest BCUT2D eigenvalue weighted by atomic mass is 35.5. The molecule has 0 saturated heterocycles. The molecule has 0 aliphatic rings. The van der Waals surface area contributed by atoms with Gasteiger partial charge in [0.2, 0.25) is 0 Å². The second-order valence-electron chi connectivity index (χ2n) is 3.64. The molecule has 0 heterocycles. The lowest BCUT2D eigenvalue weighted by atomic mass is 9.99. The SMILES string of the molecule is Cc1ccc(Cl)c(-c2ccccc2C#N)c1. The molecule has 0 saturated carbocycles. The average Bonchev–Trinajstić information content (AvgIpc) is 2.32. The number of hydrogen-bond donors (Lipinski definition) is 0. The minimum Gasteiger partial charge on any atom is -0.192 e. The zero-order chi connectivity index (χ0) is 11.5. The molecule has 2 aromatic carbocycles. The Morgan fingerprint density at radius 1 is 1.06 bits per heavy atom. The van der Waals surface area contributed by atoms with Gasteiger partial charge in [0.15, 0.2) is 0 Å². The van der Waals surface area contributed by atoms with Crippen molar-refractivity contribution in [1.82, 2.24) is 0 Å². The molecule has 2 heteroatoms. The van der Waals surface area contributed by atoms with Gasteiger partial charge in [0, 0.05) is 16.1 Å². The Labute approximate surface area is 99.9 Å². The molecule has 0 amide bonds. The van der Waals surface area contributed by atoms with Gasteiger partial charge >= 0.3 is 0 Å². The van der Waals surface area contributed by atoms with Crippen LogP contribution in [0.25, 0.3) is 11.1 Å². The summed E-state index contributed by atoms with van der Waals surface area (Å²) in [5.41, 5.74) is 3.58. The monoisotopic (exact) mass is 227 g/mol. The van der Waals surface area contributed by atoms with Crippen molar-refractivity contribution in [3.63, 3.8) is 0 Å². The molecule has 16 heavy (non-hydrogen) atoms. The maximum absolute atomic E-state index is 9.05. The number of hydrogen-bond acceptors (Lipinski definition) is 1. The van der Waals surface area contributed by atoms with Gasteiger partial charge in [0.1, 0.15) is 0 Å². The van der Waals surface area contributed by atoms with E-state index in [0.29, 0.717) is 10.6 Å². The number of nitriles is 1. The molecule has 0 bridgehead atoms. The lowest BCUT2D eigenvalue weighted by molar-refractivity contribution is 1.44. The van der Waals surface area contributed by atoms with Crippen molar-refractivity contribution in [2.24, 2.45) is 0 Å². The van der Waals surface area contributed by atoms with Gasteiger partial charge in [-0.05, 0) is 25.1 Å². The summed E-state index contributed by atoms with van der Waals surface area (Å²) in [7, 11) is 0. The smallest absolute Gasteiger partial charge is 0.0998 e. The standard InChI is InChI=1S/C14H10ClN/c1-10-6-7-14(15)13(8-10)12-5-3-2-4-11(12)9-16/h2-8H,1H3. The third-order valence-corrected chi connectivity index (χ3v) is 2.79. The van der Waals surface area contributed by atoms with E-state index in [0.717, 1.165) is 16.7 Å². The number of benzene rings is 2. The first kappa shape index (κ1) is 10.7. The summed E-state index contributed by atoms with van der Waals surface area (Å²) in [6, 6.07) is 15.5. The van der Waals surface area contributed by atoms with E-state index < -0.39 is 0 Å². The first-order chi connectivity index (χ1) is 7.72. The van der Waals surface area contributed by atoms with E-state index in [1.165, 1.54) is 0 Å². The maximum atomic E-state index is 9.05. The van der Waals surface area contributed by atoms with E-state index in [1.807, 2.05) is 43.3 Å². The van der Waals surface area contributed by atoms with Gasteiger partial charge in [-0.2, -0.15) is 5.26 Å². The fraction of sp³-hybridized carbons (Fsp3) is 0.0714. The summed E-state index contributed by atoms with van der Waals surface area (Å²) in [5.74, 6) is 0. The Hall–Kier alpha value is -1.78. The Bertz CT molecular complexity index is 567. The fourth-order valence-electron chi connectivity index (χ4n) is 1.66. The molecule has 0 N–H and O–H groups in total. The van der Waals surface area contributed by atoms with Crippen molar-refractivity contribution in [1.29, 1.82) is 5.26 Å². The molecule has 0 fully saturated rings. The molecular weight excluding hydrogens is 218 g/mol. The largest absolute Gasteiger partial charge is 0.192 e. The quantitative estimate of drug-likeness (QED) is 0.717. The zero-order valence-electron chi connectivity index (χ0n) is 8.87. The lowest BCUT2D eigenvalue weighted by Crippen LogP contribution is -1.86. The van der Waals surface area contributed by atoms with Crippen LogP contribution in [0, 0.1) is 18.3 Å². The molecule has 78 valence electrons. The maximum Gasteiger partial charge on any atom is 0.0998 e. The fourth-order valence-corrected chi connectivity index (χ4v) is 1.88. The third kappa shape index (κ3) is 1.93. The summed E-state index contributed by atoms with van der Waals surface area (Å²) < 4.78 is 0. The van der Waals surface area contributed by atoms with Crippen molar-refractivity contribution in [3.8, 4) is 17.2 Å². The van der Waals surface area contributed by atoms with Crippen molar-refractivity contribution >= 4 is 11.6 Å². The van der Waals surface area contributed by atoms with Crippen LogP contribution in [-0.2, 0) is 0 Å². The second kappa shape index (κ2) is 4.38. The summed E-state index contributed by atoms with van der Waals surface area (Å²) in [6.07, 6.45) is 0. The predicted molar refractivity (Wildman–Crippen MR) is 66.3 cm³/mol. The van der Waals surface area contributed by atoms with Crippen LogP contribution in [0.3, 0.4) is 0 Å². The van der Waals surface area contributed by atoms with Gasteiger partial charge in [0.25, 0.3) is 0 Å². The molecule has 0 radical (unpaired) electrons. The van der Waals surface area contributed by atoms with E-state index in [2.05, 4.69) is 6.07 Å².